The molecule has 2 rings (SSSR count). The van der Waals surface area contributed by atoms with E-state index in [0.717, 1.165) is 18.4 Å². The molecule has 0 aliphatic carbocycles. The maximum Gasteiger partial charge on any atom is 0.272 e. The van der Waals surface area contributed by atoms with Crippen LogP contribution in [-0.4, -0.2) is 35.3 Å². The number of pyridine rings is 1. The third-order valence-corrected chi connectivity index (χ3v) is 3.63. The van der Waals surface area contributed by atoms with Gasteiger partial charge < -0.3 is 10.2 Å². The highest BCUT2D eigenvalue weighted by Crippen LogP contribution is 2.08. The first-order chi connectivity index (χ1) is 11.6. The predicted molar refractivity (Wildman–Crippen MR) is 93.7 cm³/mol. The number of carbonyl (C=O) groups is 2. The quantitative estimate of drug-likeness (QED) is 0.796. The Kier molecular flexibility index (Phi) is 6.49. The van der Waals surface area contributed by atoms with E-state index in [9.17, 15) is 9.59 Å². The number of hydrogen-bond acceptors (Lipinski definition) is 3. The van der Waals surface area contributed by atoms with Crippen molar-refractivity contribution in [2.75, 3.05) is 13.6 Å². The van der Waals surface area contributed by atoms with E-state index in [1.54, 1.807) is 30.1 Å². The summed E-state index contributed by atoms with van der Waals surface area (Å²) in [6, 6.07) is 14.7. The van der Waals surface area contributed by atoms with Gasteiger partial charge in [0, 0.05) is 20.1 Å². The lowest BCUT2D eigenvalue weighted by Crippen LogP contribution is -2.29. The van der Waals surface area contributed by atoms with E-state index < -0.39 is 0 Å². The molecule has 24 heavy (non-hydrogen) atoms. The summed E-state index contributed by atoms with van der Waals surface area (Å²) in [4.78, 5) is 30.4. The van der Waals surface area contributed by atoms with E-state index in [1.165, 1.54) is 0 Å². The molecule has 5 nitrogen and oxygen atoms in total. The Morgan fingerprint density at radius 3 is 2.46 bits per heavy atom. The zero-order valence-corrected chi connectivity index (χ0v) is 14.2. The normalized spacial score (nSPS) is 10.2. The van der Waals surface area contributed by atoms with Gasteiger partial charge in [-0.25, -0.2) is 4.98 Å². The number of nitrogens with one attached hydrogen (secondary N) is 1. The lowest BCUT2D eigenvalue weighted by molar-refractivity contribution is 0.0779. The average molecular weight is 325 g/mol. The van der Waals surface area contributed by atoms with Gasteiger partial charge >= 0.3 is 0 Å². The van der Waals surface area contributed by atoms with Crippen molar-refractivity contribution >= 4 is 11.8 Å². The largest absolute Gasteiger partial charge is 0.351 e. The second-order valence-corrected chi connectivity index (χ2v) is 5.66. The van der Waals surface area contributed by atoms with Crippen LogP contribution in [0.5, 0.6) is 0 Å². The van der Waals surface area contributed by atoms with Gasteiger partial charge in [0.25, 0.3) is 11.8 Å². The first-order valence-corrected chi connectivity index (χ1v) is 8.16. The standard InChI is InChI=1S/C19H23N3O2/c1-3-4-13-20-18(23)16-11-8-12-17(21-16)19(24)22(2)14-15-9-6-5-7-10-15/h5-12H,3-4,13-14H2,1-2H3,(H,20,23). The van der Waals surface area contributed by atoms with Crippen LogP contribution in [0, 0.1) is 0 Å². The number of hydrogen-bond donors (Lipinski definition) is 1. The monoisotopic (exact) mass is 325 g/mol. The number of rotatable bonds is 7. The highest BCUT2D eigenvalue weighted by atomic mass is 16.2. The Bertz CT molecular complexity index is 686. The minimum atomic E-state index is -0.246. The van der Waals surface area contributed by atoms with Crippen LogP contribution in [0.25, 0.3) is 0 Å². The summed E-state index contributed by atoms with van der Waals surface area (Å²) in [6.07, 6.45) is 1.93. The number of carbonyl (C=O) groups excluding carboxylic acids is 2. The van der Waals surface area contributed by atoms with Gasteiger partial charge in [0.1, 0.15) is 11.4 Å². The zero-order valence-electron chi connectivity index (χ0n) is 14.2. The lowest BCUT2D eigenvalue weighted by atomic mass is 10.2. The maximum absolute atomic E-state index is 12.5. The minimum absolute atomic E-state index is 0.206. The van der Waals surface area contributed by atoms with Crippen LogP contribution < -0.4 is 5.32 Å². The fourth-order valence-corrected chi connectivity index (χ4v) is 2.27. The van der Waals surface area contributed by atoms with Crippen LogP contribution in [-0.2, 0) is 6.54 Å². The van der Waals surface area contributed by atoms with Crippen molar-refractivity contribution in [3.63, 3.8) is 0 Å². The fraction of sp³-hybridized carbons (Fsp3) is 0.316. The van der Waals surface area contributed by atoms with Gasteiger partial charge in [0.2, 0.25) is 0 Å². The SMILES string of the molecule is CCCCNC(=O)c1cccc(C(=O)N(C)Cc2ccccc2)n1. The predicted octanol–water partition coefficient (Wildman–Crippen LogP) is 2.88. The molecule has 2 amide bonds. The van der Waals surface area contributed by atoms with Gasteiger partial charge in [0.05, 0.1) is 0 Å². The third kappa shape index (κ3) is 4.91. The van der Waals surface area contributed by atoms with Crippen molar-refractivity contribution < 1.29 is 9.59 Å². The van der Waals surface area contributed by atoms with E-state index in [-0.39, 0.29) is 23.2 Å². The summed E-state index contributed by atoms with van der Waals surface area (Å²) in [6.45, 7) is 3.17. The van der Waals surface area contributed by atoms with Crippen LogP contribution in [0.1, 0.15) is 46.3 Å². The van der Waals surface area contributed by atoms with E-state index in [0.29, 0.717) is 13.1 Å². The van der Waals surface area contributed by atoms with Crippen LogP contribution in [0.4, 0.5) is 0 Å². The number of benzene rings is 1. The molecule has 1 aromatic heterocycles. The van der Waals surface area contributed by atoms with Crippen molar-refractivity contribution in [1.82, 2.24) is 15.2 Å². The number of aromatic nitrogens is 1. The van der Waals surface area contributed by atoms with Crippen LogP contribution in [0.15, 0.2) is 48.5 Å². The van der Waals surface area contributed by atoms with Gasteiger partial charge in [0.15, 0.2) is 0 Å². The topological polar surface area (TPSA) is 62.3 Å². The first kappa shape index (κ1) is 17.7. The molecule has 1 aromatic carbocycles. The zero-order chi connectivity index (χ0) is 17.4. The van der Waals surface area contributed by atoms with Gasteiger partial charge in [-0.3, -0.25) is 9.59 Å². The Labute approximate surface area is 142 Å². The second kappa shape index (κ2) is 8.82. The molecule has 0 saturated carbocycles. The van der Waals surface area contributed by atoms with Crippen molar-refractivity contribution in [2.24, 2.45) is 0 Å². The Morgan fingerprint density at radius 1 is 1.04 bits per heavy atom. The van der Waals surface area contributed by atoms with E-state index in [4.69, 9.17) is 0 Å². The van der Waals surface area contributed by atoms with Crippen LogP contribution in [0.3, 0.4) is 0 Å². The highest BCUT2D eigenvalue weighted by Gasteiger charge is 2.16. The van der Waals surface area contributed by atoms with E-state index in [2.05, 4.69) is 17.2 Å². The number of nitrogens with zero attached hydrogens (tertiary/aromatic N) is 2. The lowest BCUT2D eigenvalue weighted by Gasteiger charge is -2.17. The molecule has 0 bridgehead atoms. The molecule has 1 heterocycles. The Morgan fingerprint density at radius 2 is 1.75 bits per heavy atom. The van der Waals surface area contributed by atoms with Crippen molar-refractivity contribution in [2.45, 2.75) is 26.3 Å². The molecular formula is C19H23N3O2. The average Bonchev–Trinajstić information content (AvgIpc) is 2.62. The number of unbranched alkanes of at least 4 members (excludes halogenated alkanes) is 1. The molecule has 5 heteroatoms. The highest BCUT2D eigenvalue weighted by molar-refractivity contribution is 5.96. The molecule has 0 fully saturated rings. The summed E-state index contributed by atoms with van der Waals surface area (Å²) in [5.41, 5.74) is 1.59. The molecule has 0 aliphatic rings. The van der Waals surface area contributed by atoms with Crippen molar-refractivity contribution in [3.05, 3.63) is 65.5 Å². The summed E-state index contributed by atoms with van der Waals surface area (Å²) < 4.78 is 0. The van der Waals surface area contributed by atoms with Gasteiger partial charge in [-0.05, 0) is 24.1 Å². The van der Waals surface area contributed by atoms with Crippen molar-refractivity contribution in [1.29, 1.82) is 0 Å². The van der Waals surface area contributed by atoms with E-state index >= 15 is 0 Å². The van der Waals surface area contributed by atoms with Crippen LogP contribution >= 0.6 is 0 Å². The molecule has 0 spiro atoms. The summed E-state index contributed by atoms with van der Waals surface area (Å²) in [5, 5.41) is 2.81. The van der Waals surface area contributed by atoms with Gasteiger partial charge in [-0.1, -0.05) is 49.7 Å². The number of amides is 2. The Balaban J connectivity index is 2.04. The molecule has 126 valence electrons. The van der Waals surface area contributed by atoms with Crippen molar-refractivity contribution in [3.8, 4) is 0 Å². The summed E-state index contributed by atoms with van der Waals surface area (Å²) >= 11 is 0. The second-order valence-electron chi connectivity index (χ2n) is 5.66. The van der Waals surface area contributed by atoms with Gasteiger partial charge in [-0.15, -0.1) is 0 Å². The molecule has 0 saturated heterocycles. The molecule has 2 aromatic rings. The minimum Gasteiger partial charge on any atom is -0.351 e. The maximum atomic E-state index is 12.5. The molecule has 0 radical (unpaired) electrons. The molecule has 0 atom stereocenters. The molecular weight excluding hydrogens is 302 g/mol. The smallest absolute Gasteiger partial charge is 0.272 e. The summed E-state index contributed by atoms with van der Waals surface area (Å²) in [5.74, 6) is -0.453. The molecule has 0 aliphatic heterocycles. The fourth-order valence-electron chi connectivity index (χ4n) is 2.27. The van der Waals surface area contributed by atoms with Crippen LogP contribution in [0.2, 0.25) is 0 Å². The van der Waals surface area contributed by atoms with E-state index in [1.807, 2.05) is 30.3 Å². The third-order valence-electron chi connectivity index (χ3n) is 3.63. The molecule has 1 N–H and O–H groups in total. The molecule has 0 unspecified atom stereocenters. The Hall–Kier alpha value is -2.69. The van der Waals surface area contributed by atoms with Gasteiger partial charge in [-0.2, -0.15) is 0 Å². The first-order valence-electron chi connectivity index (χ1n) is 8.16. The summed E-state index contributed by atoms with van der Waals surface area (Å²) in [7, 11) is 1.73.